The molecule has 0 spiro atoms. The molecule has 3 rings (SSSR count). The van der Waals surface area contributed by atoms with Gasteiger partial charge < -0.3 is 30.2 Å². The van der Waals surface area contributed by atoms with Crippen LogP contribution in [0.3, 0.4) is 0 Å². The van der Waals surface area contributed by atoms with Gasteiger partial charge in [-0.3, -0.25) is 4.98 Å². The number of aromatic nitrogens is 1. The maximum atomic E-state index is 13.5. The highest BCUT2D eigenvalue weighted by Gasteiger charge is 2.46. The molecule has 1 aromatic heterocycles. The van der Waals surface area contributed by atoms with Gasteiger partial charge in [0.2, 0.25) is 0 Å². The first kappa shape index (κ1) is 25.1. The zero-order valence-electron chi connectivity index (χ0n) is 16.2. The lowest BCUT2D eigenvalue weighted by molar-refractivity contribution is -0.155. The summed E-state index contributed by atoms with van der Waals surface area (Å²) in [5, 5.41) is 23.1. The number of nitrogens with two attached hydrogens (primary N) is 1. The van der Waals surface area contributed by atoms with Crippen molar-refractivity contribution in [1.82, 2.24) is 10.3 Å². The second kappa shape index (κ2) is 11.1. The van der Waals surface area contributed by atoms with Crippen LogP contribution >= 0.6 is 40.6 Å². The molecule has 5 unspecified atom stereocenters. The van der Waals surface area contributed by atoms with E-state index in [1.807, 2.05) is 0 Å². The van der Waals surface area contributed by atoms with E-state index >= 15 is 0 Å². The number of aliphatic hydroxyl groups excluding tert-OH is 2. The second-order valence-corrected chi connectivity index (χ2v) is 9.09. The zero-order valence-corrected chi connectivity index (χ0v) is 19.5. The van der Waals surface area contributed by atoms with Gasteiger partial charge in [0, 0.05) is 33.5 Å². The molecule has 0 bridgehead atoms. The first-order chi connectivity index (χ1) is 15.2. The summed E-state index contributed by atoms with van der Waals surface area (Å²) < 4.78 is 52.0. The van der Waals surface area contributed by atoms with Gasteiger partial charge >= 0.3 is 0 Å². The maximum absolute atomic E-state index is 13.5. The molecular weight excluding hydrogens is 535 g/mol. The maximum Gasteiger partial charge on any atom is 0.194 e. The number of hydrogen-bond donors (Lipinski definition) is 5. The Labute approximate surface area is 199 Å². The number of aliphatic hydroxyl groups is 2. The van der Waals surface area contributed by atoms with Gasteiger partial charge in [0.15, 0.2) is 17.5 Å². The number of thioether (sulfide) groups is 1. The van der Waals surface area contributed by atoms with Gasteiger partial charge in [0.25, 0.3) is 0 Å². The van der Waals surface area contributed by atoms with Crippen molar-refractivity contribution in [3.8, 4) is 0 Å². The van der Waals surface area contributed by atoms with Crippen molar-refractivity contribution in [2.75, 3.05) is 6.61 Å². The van der Waals surface area contributed by atoms with Crippen molar-refractivity contribution in [3.05, 3.63) is 64.3 Å². The second-order valence-electron chi connectivity index (χ2n) is 6.79. The van der Waals surface area contributed by atoms with Crippen LogP contribution < -0.4 is 11.1 Å². The number of pyridine rings is 1. The Hall–Kier alpha value is -1.48. The summed E-state index contributed by atoms with van der Waals surface area (Å²) in [6.07, 6.45) is 1.33. The number of benzene rings is 1. The molecule has 5 atom stereocenters. The van der Waals surface area contributed by atoms with E-state index in [4.69, 9.17) is 14.7 Å². The molecule has 2 heterocycles. The van der Waals surface area contributed by atoms with Gasteiger partial charge in [0.1, 0.15) is 23.7 Å². The lowest BCUT2D eigenvalue weighted by atomic mass is 9.97. The fraction of sp³-hybridized carbons (Fsp3) is 0.316. The van der Waals surface area contributed by atoms with Crippen molar-refractivity contribution < 1.29 is 32.3 Å². The van der Waals surface area contributed by atoms with E-state index in [0.29, 0.717) is 0 Å². The van der Waals surface area contributed by atoms with Crippen LogP contribution in [-0.4, -0.2) is 51.6 Å². The lowest BCUT2D eigenvalue weighted by Gasteiger charge is -2.43. The van der Waals surface area contributed by atoms with Gasteiger partial charge in [-0.2, -0.15) is 0 Å². The highest BCUT2D eigenvalue weighted by atomic mass is 79.9. The highest BCUT2D eigenvalue weighted by molar-refractivity contribution is 9.10. The van der Waals surface area contributed by atoms with E-state index in [0.717, 1.165) is 21.5 Å². The molecule has 32 heavy (non-hydrogen) atoms. The van der Waals surface area contributed by atoms with Crippen molar-refractivity contribution in [2.45, 2.75) is 34.7 Å². The monoisotopic (exact) mass is 553 g/mol. The summed E-state index contributed by atoms with van der Waals surface area (Å²) in [7, 11) is 0. The molecule has 2 aromatic rings. The number of thiol groups is 1. The van der Waals surface area contributed by atoms with Crippen LogP contribution in [0.4, 0.5) is 13.2 Å². The first-order valence-electron chi connectivity index (χ1n) is 9.13. The predicted octanol–water partition coefficient (Wildman–Crippen LogP) is 2.58. The summed E-state index contributed by atoms with van der Waals surface area (Å²) in [4.78, 5) is 4.80. The topological polar surface area (TPSA) is 110 Å². The van der Waals surface area contributed by atoms with E-state index in [-0.39, 0.29) is 11.3 Å². The first-order valence-corrected chi connectivity index (χ1v) is 11.2. The third-order valence-electron chi connectivity index (χ3n) is 4.66. The SMILES string of the molecule is N/C(=C\NC1C(O)C(CO)OC(Sc2cncc(Br)c2)C1OS)c1cc(F)c(F)c(F)c1. The van der Waals surface area contributed by atoms with Crippen LogP contribution in [0.2, 0.25) is 0 Å². The number of ether oxygens (including phenoxy) is 1. The standard InChI is InChI=1S/C19H19BrF3N3O4S2/c20-9-3-10(5-25-4-9)32-19-18(30-31)16(17(28)14(7-27)29-19)26-6-13(24)8-1-11(21)15(23)12(22)2-8/h1-6,14,16-19,26-28,31H,7,24H2/b13-6-. The molecule has 0 radical (unpaired) electrons. The molecule has 1 aliphatic heterocycles. The van der Waals surface area contributed by atoms with Crippen LogP contribution in [0.25, 0.3) is 5.70 Å². The molecule has 13 heteroatoms. The number of rotatable bonds is 7. The van der Waals surface area contributed by atoms with E-state index in [2.05, 4.69) is 39.1 Å². The third-order valence-corrected chi connectivity index (χ3v) is 6.45. The Morgan fingerprint density at radius 3 is 2.59 bits per heavy atom. The average Bonchev–Trinajstić information content (AvgIpc) is 2.76. The van der Waals surface area contributed by atoms with Gasteiger partial charge in [-0.25, -0.2) is 13.2 Å². The van der Waals surface area contributed by atoms with Gasteiger partial charge in [-0.1, -0.05) is 11.8 Å². The minimum absolute atomic E-state index is 0.108. The quantitative estimate of drug-likeness (QED) is 0.202. The smallest absolute Gasteiger partial charge is 0.194 e. The van der Waals surface area contributed by atoms with E-state index in [9.17, 15) is 23.4 Å². The van der Waals surface area contributed by atoms with Crippen molar-refractivity contribution >= 4 is 46.3 Å². The number of nitrogens with zero attached hydrogens (tertiary/aromatic N) is 1. The Bertz CT molecular complexity index is 968. The van der Waals surface area contributed by atoms with Crippen molar-refractivity contribution in [2.24, 2.45) is 5.73 Å². The van der Waals surface area contributed by atoms with Gasteiger partial charge in [-0.15, -0.1) is 0 Å². The molecular formula is C19H19BrF3N3O4S2. The molecule has 7 nitrogen and oxygen atoms in total. The molecule has 1 saturated heterocycles. The molecule has 174 valence electrons. The lowest BCUT2D eigenvalue weighted by Crippen LogP contribution is -2.62. The Morgan fingerprint density at radius 1 is 1.31 bits per heavy atom. The summed E-state index contributed by atoms with van der Waals surface area (Å²) in [5.41, 5.74) is 4.92. The van der Waals surface area contributed by atoms with Crippen LogP contribution in [0.5, 0.6) is 0 Å². The molecule has 1 aromatic carbocycles. The number of halogens is 4. The molecule has 5 N–H and O–H groups in total. The van der Waals surface area contributed by atoms with Crippen LogP contribution in [0, 0.1) is 17.5 Å². The molecule has 1 aliphatic rings. The molecule has 0 amide bonds. The Kier molecular flexibility index (Phi) is 8.72. The third kappa shape index (κ3) is 5.71. The molecule has 0 aliphatic carbocycles. The predicted molar refractivity (Wildman–Crippen MR) is 119 cm³/mol. The molecule has 1 fully saturated rings. The van der Waals surface area contributed by atoms with E-state index in [1.54, 1.807) is 18.5 Å². The molecule has 0 saturated carbocycles. The van der Waals surface area contributed by atoms with Gasteiger partial charge in [-0.05, 0) is 47.0 Å². The Balaban J connectivity index is 1.84. The number of nitrogens with one attached hydrogen (secondary N) is 1. The minimum Gasteiger partial charge on any atom is -0.397 e. The summed E-state index contributed by atoms with van der Waals surface area (Å²) in [6, 6.07) is 2.40. The Morgan fingerprint density at radius 2 is 2.00 bits per heavy atom. The average molecular weight is 554 g/mol. The van der Waals surface area contributed by atoms with E-state index < -0.39 is 53.8 Å². The fourth-order valence-electron chi connectivity index (χ4n) is 3.06. The summed E-state index contributed by atoms with van der Waals surface area (Å²) in [5.74, 6) is -4.39. The van der Waals surface area contributed by atoms with Crippen LogP contribution in [0.1, 0.15) is 5.56 Å². The normalized spacial score (nSPS) is 26.2. The summed E-state index contributed by atoms with van der Waals surface area (Å²) in [6.45, 7) is -0.486. The highest BCUT2D eigenvalue weighted by Crippen LogP contribution is 2.36. The van der Waals surface area contributed by atoms with Crippen molar-refractivity contribution in [1.29, 1.82) is 0 Å². The number of hydrogen-bond acceptors (Lipinski definition) is 9. The van der Waals surface area contributed by atoms with E-state index in [1.165, 1.54) is 18.0 Å². The fourth-order valence-corrected chi connectivity index (χ4v) is 5.04. The minimum atomic E-state index is -1.61. The zero-order chi connectivity index (χ0) is 23.4. The summed E-state index contributed by atoms with van der Waals surface area (Å²) >= 11 is 8.45. The van der Waals surface area contributed by atoms with Crippen LogP contribution in [-0.2, 0) is 8.92 Å². The van der Waals surface area contributed by atoms with Crippen LogP contribution in [0.15, 0.2) is 46.2 Å². The largest absolute Gasteiger partial charge is 0.397 e. The van der Waals surface area contributed by atoms with Gasteiger partial charge in [0.05, 0.1) is 18.3 Å². The van der Waals surface area contributed by atoms with Crippen molar-refractivity contribution in [3.63, 3.8) is 0 Å².